The Bertz CT molecular complexity index is 381. The maximum absolute atomic E-state index is 8.98. The largest absolute Gasteiger partial charge is 0.497 e. The highest BCUT2D eigenvalue weighted by Gasteiger charge is 2.23. The van der Waals surface area contributed by atoms with Crippen LogP contribution < -0.4 is 15.8 Å². The molecular weight excluding hydrogens is 252 g/mol. The number of aliphatic hydroxyl groups is 1. The van der Waals surface area contributed by atoms with Gasteiger partial charge in [-0.2, -0.15) is 0 Å². The monoisotopic (exact) mass is 280 g/mol. The first-order valence-corrected chi connectivity index (χ1v) is 7.24. The van der Waals surface area contributed by atoms with E-state index in [1.165, 1.54) is 5.56 Å². The second-order valence-electron chi connectivity index (χ2n) is 5.67. The molecule has 0 aliphatic heterocycles. The molecule has 1 aromatic carbocycles. The van der Waals surface area contributed by atoms with E-state index in [0.717, 1.165) is 25.0 Å². The summed E-state index contributed by atoms with van der Waals surface area (Å²) in [5.41, 5.74) is 7.09. The van der Waals surface area contributed by atoms with Crippen molar-refractivity contribution in [1.29, 1.82) is 0 Å². The molecular formula is C16H28N2O2. The number of methoxy groups -OCH3 is 1. The number of benzene rings is 1. The Kier molecular flexibility index (Phi) is 6.99. The third-order valence-electron chi connectivity index (χ3n) is 3.73. The molecule has 0 bridgehead atoms. The van der Waals surface area contributed by atoms with Gasteiger partial charge in [-0.15, -0.1) is 0 Å². The smallest absolute Gasteiger partial charge is 0.118 e. The molecule has 4 nitrogen and oxygen atoms in total. The van der Waals surface area contributed by atoms with Crippen LogP contribution in [0.25, 0.3) is 0 Å². The summed E-state index contributed by atoms with van der Waals surface area (Å²) in [6, 6.07) is 8.41. The minimum absolute atomic E-state index is 0.103. The topological polar surface area (TPSA) is 67.5 Å². The van der Waals surface area contributed by atoms with Crippen molar-refractivity contribution in [1.82, 2.24) is 5.32 Å². The predicted octanol–water partition coefficient (Wildman–Crippen LogP) is 1.71. The lowest BCUT2D eigenvalue weighted by Gasteiger charge is -2.33. The van der Waals surface area contributed by atoms with Crippen LogP contribution in [0.5, 0.6) is 5.75 Å². The number of ether oxygens (including phenoxy) is 1. The summed E-state index contributed by atoms with van der Waals surface area (Å²) in [5.74, 6) is 0.880. The second-order valence-corrected chi connectivity index (χ2v) is 5.67. The summed E-state index contributed by atoms with van der Waals surface area (Å²) >= 11 is 0. The number of nitrogens with two attached hydrogens (primary N) is 1. The Labute approximate surface area is 122 Å². The first-order valence-electron chi connectivity index (χ1n) is 7.24. The van der Waals surface area contributed by atoms with Crippen molar-refractivity contribution in [3.05, 3.63) is 29.8 Å². The van der Waals surface area contributed by atoms with Gasteiger partial charge in [-0.1, -0.05) is 12.1 Å². The Morgan fingerprint density at radius 1 is 1.35 bits per heavy atom. The maximum Gasteiger partial charge on any atom is 0.118 e. The van der Waals surface area contributed by atoms with Gasteiger partial charge in [-0.25, -0.2) is 0 Å². The maximum atomic E-state index is 8.98. The van der Waals surface area contributed by atoms with Gasteiger partial charge < -0.3 is 20.9 Å². The molecule has 4 N–H and O–H groups in total. The Balaban J connectivity index is 2.54. The zero-order valence-corrected chi connectivity index (χ0v) is 12.9. The fraction of sp³-hybridized carbons (Fsp3) is 0.625. The van der Waals surface area contributed by atoms with Gasteiger partial charge in [0, 0.05) is 24.7 Å². The second kappa shape index (κ2) is 8.25. The number of hydrogen-bond donors (Lipinski definition) is 3. The van der Waals surface area contributed by atoms with Crippen molar-refractivity contribution in [3.63, 3.8) is 0 Å². The van der Waals surface area contributed by atoms with Crippen LogP contribution in [0, 0.1) is 0 Å². The molecule has 0 saturated heterocycles. The fourth-order valence-electron chi connectivity index (χ4n) is 2.31. The number of aryl methyl sites for hydroxylation is 1. The van der Waals surface area contributed by atoms with E-state index in [1.54, 1.807) is 7.11 Å². The first-order chi connectivity index (χ1) is 9.53. The van der Waals surface area contributed by atoms with Crippen LogP contribution in [0.4, 0.5) is 0 Å². The van der Waals surface area contributed by atoms with Crippen LogP contribution in [-0.4, -0.2) is 36.9 Å². The quantitative estimate of drug-likeness (QED) is 0.644. The Morgan fingerprint density at radius 2 is 2.00 bits per heavy atom. The lowest BCUT2D eigenvalue weighted by Crippen LogP contribution is -2.52. The Hall–Kier alpha value is -1.10. The van der Waals surface area contributed by atoms with Gasteiger partial charge in [0.25, 0.3) is 0 Å². The highest BCUT2D eigenvalue weighted by Crippen LogP contribution is 2.17. The standard InChI is InChI=1S/C16H28N2O2/c1-13(9-11-19)18-16(2,12-17)10-8-14-4-6-15(20-3)7-5-14/h4-7,13,18-19H,8-12,17H2,1-3H3. The molecule has 0 aromatic heterocycles. The summed E-state index contributed by atoms with van der Waals surface area (Å²) in [6.45, 7) is 5.01. The van der Waals surface area contributed by atoms with Gasteiger partial charge in [-0.05, 0) is 50.8 Å². The summed E-state index contributed by atoms with van der Waals surface area (Å²) in [7, 11) is 1.67. The highest BCUT2D eigenvalue weighted by atomic mass is 16.5. The molecule has 4 heteroatoms. The third-order valence-corrected chi connectivity index (χ3v) is 3.73. The van der Waals surface area contributed by atoms with Gasteiger partial charge in [0.2, 0.25) is 0 Å². The molecule has 2 atom stereocenters. The molecule has 0 amide bonds. The summed E-state index contributed by atoms with van der Waals surface area (Å²) < 4.78 is 5.16. The number of rotatable bonds is 9. The summed E-state index contributed by atoms with van der Waals surface area (Å²) in [6.07, 6.45) is 2.68. The van der Waals surface area contributed by atoms with Crippen molar-refractivity contribution in [3.8, 4) is 5.75 Å². The van der Waals surface area contributed by atoms with E-state index in [-0.39, 0.29) is 18.2 Å². The van der Waals surface area contributed by atoms with Crippen molar-refractivity contribution in [2.45, 2.75) is 44.7 Å². The van der Waals surface area contributed by atoms with Crippen LogP contribution in [0.2, 0.25) is 0 Å². The molecule has 0 aliphatic rings. The van der Waals surface area contributed by atoms with Crippen LogP contribution in [0.15, 0.2) is 24.3 Å². The van der Waals surface area contributed by atoms with E-state index in [2.05, 4.69) is 31.3 Å². The molecule has 0 saturated carbocycles. The van der Waals surface area contributed by atoms with Crippen molar-refractivity contribution < 1.29 is 9.84 Å². The zero-order valence-electron chi connectivity index (χ0n) is 12.9. The normalized spacial score (nSPS) is 15.7. The predicted molar refractivity (Wildman–Crippen MR) is 83.1 cm³/mol. The van der Waals surface area contributed by atoms with Crippen molar-refractivity contribution in [2.75, 3.05) is 20.3 Å². The van der Waals surface area contributed by atoms with Crippen LogP contribution in [-0.2, 0) is 6.42 Å². The van der Waals surface area contributed by atoms with E-state index < -0.39 is 0 Å². The number of hydrogen-bond acceptors (Lipinski definition) is 4. The number of nitrogens with one attached hydrogen (secondary N) is 1. The van der Waals surface area contributed by atoms with Gasteiger partial charge in [-0.3, -0.25) is 0 Å². The van der Waals surface area contributed by atoms with E-state index in [4.69, 9.17) is 15.6 Å². The van der Waals surface area contributed by atoms with Crippen LogP contribution >= 0.6 is 0 Å². The van der Waals surface area contributed by atoms with E-state index in [0.29, 0.717) is 6.54 Å². The SMILES string of the molecule is COc1ccc(CCC(C)(CN)NC(C)CCO)cc1. The van der Waals surface area contributed by atoms with Gasteiger partial charge in [0.15, 0.2) is 0 Å². The molecule has 0 fully saturated rings. The van der Waals surface area contributed by atoms with Crippen molar-refractivity contribution in [2.24, 2.45) is 5.73 Å². The van der Waals surface area contributed by atoms with E-state index in [1.807, 2.05) is 12.1 Å². The molecule has 1 aromatic rings. The summed E-state index contributed by atoms with van der Waals surface area (Å²) in [4.78, 5) is 0. The highest BCUT2D eigenvalue weighted by molar-refractivity contribution is 5.27. The molecule has 0 aliphatic carbocycles. The molecule has 1 rings (SSSR count). The fourth-order valence-corrected chi connectivity index (χ4v) is 2.31. The molecule has 0 spiro atoms. The summed E-state index contributed by atoms with van der Waals surface area (Å²) in [5, 5.41) is 12.5. The van der Waals surface area contributed by atoms with E-state index in [9.17, 15) is 0 Å². The van der Waals surface area contributed by atoms with Gasteiger partial charge in [0.1, 0.15) is 5.75 Å². The minimum atomic E-state index is -0.103. The van der Waals surface area contributed by atoms with Gasteiger partial charge in [0.05, 0.1) is 7.11 Å². The van der Waals surface area contributed by atoms with E-state index >= 15 is 0 Å². The zero-order chi connectivity index (χ0) is 15.0. The molecule has 0 radical (unpaired) electrons. The van der Waals surface area contributed by atoms with Crippen molar-refractivity contribution >= 4 is 0 Å². The average Bonchev–Trinajstić information content (AvgIpc) is 2.46. The lowest BCUT2D eigenvalue weighted by atomic mass is 9.92. The third kappa shape index (κ3) is 5.49. The molecule has 114 valence electrons. The Morgan fingerprint density at radius 3 is 2.50 bits per heavy atom. The first kappa shape index (κ1) is 17.0. The molecule has 20 heavy (non-hydrogen) atoms. The molecule has 0 heterocycles. The number of aliphatic hydroxyl groups excluding tert-OH is 1. The average molecular weight is 280 g/mol. The van der Waals surface area contributed by atoms with Gasteiger partial charge >= 0.3 is 0 Å². The van der Waals surface area contributed by atoms with Crippen LogP contribution in [0.1, 0.15) is 32.3 Å². The lowest BCUT2D eigenvalue weighted by molar-refractivity contribution is 0.238. The minimum Gasteiger partial charge on any atom is -0.497 e. The van der Waals surface area contributed by atoms with Crippen LogP contribution in [0.3, 0.4) is 0 Å². The molecule has 2 unspecified atom stereocenters.